The summed E-state index contributed by atoms with van der Waals surface area (Å²) in [6.07, 6.45) is 2.59. The van der Waals surface area contributed by atoms with Gasteiger partial charge in [-0.3, -0.25) is 0 Å². The van der Waals surface area contributed by atoms with Crippen LogP contribution < -0.4 is 5.32 Å². The highest BCUT2D eigenvalue weighted by Crippen LogP contribution is 2.16. The SMILES string of the molecule is Cc1ccc(S(=O)(=O)N=C2NCCCN2Cc2ccc(Cl)nc2)cc1. The molecule has 0 unspecified atom stereocenters. The minimum Gasteiger partial charge on any atom is -0.355 e. The van der Waals surface area contributed by atoms with Crippen LogP contribution in [0.2, 0.25) is 5.15 Å². The first-order valence-corrected chi connectivity index (χ1v) is 9.77. The zero-order valence-electron chi connectivity index (χ0n) is 13.8. The van der Waals surface area contributed by atoms with Crippen molar-refractivity contribution in [2.45, 2.75) is 24.8 Å². The average Bonchev–Trinajstić information content (AvgIpc) is 2.59. The van der Waals surface area contributed by atoms with Gasteiger partial charge in [0.25, 0.3) is 10.0 Å². The first-order chi connectivity index (χ1) is 11.9. The van der Waals surface area contributed by atoms with Crippen LogP contribution in [0, 0.1) is 6.92 Å². The fourth-order valence-electron chi connectivity index (χ4n) is 2.53. The molecule has 0 spiro atoms. The molecule has 1 aliphatic rings. The highest BCUT2D eigenvalue weighted by Gasteiger charge is 2.21. The Morgan fingerprint density at radius 2 is 2.00 bits per heavy atom. The van der Waals surface area contributed by atoms with E-state index in [1.54, 1.807) is 36.5 Å². The molecule has 25 heavy (non-hydrogen) atoms. The Hall–Kier alpha value is -2.12. The third kappa shape index (κ3) is 4.49. The van der Waals surface area contributed by atoms with E-state index in [1.165, 1.54) is 0 Å². The Balaban J connectivity index is 1.85. The van der Waals surface area contributed by atoms with Gasteiger partial charge >= 0.3 is 0 Å². The number of halogens is 1. The Morgan fingerprint density at radius 1 is 1.24 bits per heavy atom. The lowest BCUT2D eigenvalue weighted by atomic mass is 10.2. The maximum absolute atomic E-state index is 12.6. The second kappa shape index (κ2) is 7.41. The number of aromatic nitrogens is 1. The standard InChI is InChI=1S/C17H19ClN4O2S/c1-13-3-6-15(7-4-13)25(23,24)21-17-19-9-2-10-22(17)12-14-5-8-16(18)20-11-14/h3-8,11H,2,9-10,12H2,1H3,(H,19,21). The average molecular weight is 379 g/mol. The summed E-state index contributed by atoms with van der Waals surface area (Å²) in [5, 5.41) is 3.52. The van der Waals surface area contributed by atoms with Gasteiger partial charge in [0, 0.05) is 25.8 Å². The summed E-state index contributed by atoms with van der Waals surface area (Å²) in [5.74, 6) is 0.363. The maximum atomic E-state index is 12.6. The predicted molar refractivity (Wildman–Crippen MR) is 98.1 cm³/mol. The molecule has 2 aromatic rings. The van der Waals surface area contributed by atoms with Crippen LogP contribution in [0.25, 0.3) is 0 Å². The monoisotopic (exact) mass is 378 g/mol. The van der Waals surface area contributed by atoms with E-state index in [2.05, 4.69) is 14.7 Å². The van der Waals surface area contributed by atoms with Gasteiger partial charge in [0.2, 0.25) is 5.96 Å². The molecule has 1 fully saturated rings. The van der Waals surface area contributed by atoms with Crippen molar-refractivity contribution in [2.24, 2.45) is 4.40 Å². The molecule has 3 rings (SSSR count). The normalized spacial score (nSPS) is 16.7. The summed E-state index contributed by atoms with van der Waals surface area (Å²) in [6.45, 7) is 3.84. The molecule has 1 aromatic heterocycles. The van der Waals surface area contributed by atoms with Crippen molar-refractivity contribution in [1.82, 2.24) is 15.2 Å². The second-order valence-electron chi connectivity index (χ2n) is 5.89. The van der Waals surface area contributed by atoms with Gasteiger partial charge in [-0.25, -0.2) is 4.98 Å². The first kappa shape index (κ1) is 17.7. The summed E-state index contributed by atoms with van der Waals surface area (Å²) in [7, 11) is -3.76. The van der Waals surface area contributed by atoms with Crippen molar-refractivity contribution in [3.63, 3.8) is 0 Å². The number of nitrogens with one attached hydrogen (secondary N) is 1. The molecule has 1 aliphatic heterocycles. The number of aryl methyl sites for hydroxylation is 1. The van der Waals surface area contributed by atoms with Crippen LogP contribution in [0.15, 0.2) is 51.9 Å². The summed E-state index contributed by atoms with van der Waals surface area (Å²) in [4.78, 5) is 6.15. The molecule has 0 radical (unpaired) electrons. The Labute approximate surface area is 152 Å². The summed E-state index contributed by atoms with van der Waals surface area (Å²) < 4.78 is 29.2. The van der Waals surface area contributed by atoms with Crippen molar-refractivity contribution < 1.29 is 8.42 Å². The van der Waals surface area contributed by atoms with Gasteiger partial charge in [0.05, 0.1) is 4.90 Å². The van der Waals surface area contributed by atoms with Crippen LogP contribution in [0.5, 0.6) is 0 Å². The molecule has 1 N–H and O–H groups in total. The molecule has 0 aliphatic carbocycles. The van der Waals surface area contributed by atoms with Crippen molar-refractivity contribution in [3.05, 3.63) is 58.9 Å². The smallest absolute Gasteiger partial charge is 0.285 e. The third-order valence-corrected chi connectivity index (χ3v) is 5.38. The molecule has 1 saturated heterocycles. The van der Waals surface area contributed by atoms with E-state index >= 15 is 0 Å². The van der Waals surface area contributed by atoms with Crippen LogP contribution in [0.3, 0.4) is 0 Å². The quantitative estimate of drug-likeness (QED) is 0.827. The molecule has 2 heterocycles. The molecule has 0 amide bonds. The zero-order valence-corrected chi connectivity index (χ0v) is 15.4. The third-order valence-electron chi connectivity index (χ3n) is 3.88. The maximum Gasteiger partial charge on any atom is 0.285 e. The largest absolute Gasteiger partial charge is 0.355 e. The molecule has 6 nitrogen and oxygen atoms in total. The molecular weight excluding hydrogens is 360 g/mol. The Bertz CT molecular complexity index is 865. The van der Waals surface area contributed by atoms with Crippen molar-refractivity contribution in [3.8, 4) is 0 Å². The number of rotatable bonds is 4. The van der Waals surface area contributed by atoms with Crippen LogP contribution in [-0.4, -0.2) is 37.4 Å². The summed E-state index contributed by atoms with van der Waals surface area (Å²) >= 11 is 5.81. The lowest BCUT2D eigenvalue weighted by Crippen LogP contribution is -2.47. The van der Waals surface area contributed by atoms with Crippen LogP contribution in [0.4, 0.5) is 0 Å². The molecule has 0 atom stereocenters. The molecule has 0 saturated carbocycles. The zero-order chi connectivity index (χ0) is 17.9. The van der Waals surface area contributed by atoms with Gasteiger partial charge in [0.1, 0.15) is 5.15 Å². The van der Waals surface area contributed by atoms with Crippen molar-refractivity contribution in [2.75, 3.05) is 13.1 Å². The molecule has 8 heteroatoms. The number of benzene rings is 1. The van der Waals surface area contributed by atoms with Crippen LogP contribution in [-0.2, 0) is 16.6 Å². The highest BCUT2D eigenvalue weighted by molar-refractivity contribution is 7.90. The number of nitrogens with zero attached hydrogens (tertiary/aromatic N) is 3. The van der Waals surface area contributed by atoms with E-state index in [-0.39, 0.29) is 4.90 Å². The van der Waals surface area contributed by atoms with E-state index in [0.29, 0.717) is 24.2 Å². The number of hydrogen-bond donors (Lipinski definition) is 1. The Morgan fingerprint density at radius 3 is 2.68 bits per heavy atom. The molecular formula is C17H19ClN4O2S. The second-order valence-corrected chi connectivity index (χ2v) is 7.89. The number of sulfonamides is 1. The molecule has 0 bridgehead atoms. The topological polar surface area (TPSA) is 74.7 Å². The number of guanidine groups is 1. The van der Waals surface area contributed by atoms with Crippen molar-refractivity contribution >= 4 is 27.6 Å². The fourth-order valence-corrected chi connectivity index (χ4v) is 3.63. The van der Waals surface area contributed by atoms with Crippen LogP contribution in [0.1, 0.15) is 17.5 Å². The fraction of sp³-hybridized carbons (Fsp3) is 0.294. The minimum absolute atomic E-state index is 0.186. The summed E-state index contributed by atoms with van der Waals surface area (Å²) in [5.41, 5.74) is 1.94. The first-order valence-electron chi connectivity index (χ1n) is 7.95. The van der Waals surface area contributed by atoms with Crippen LogP contribution >= 0.6 is 11.6 Å². The van der Waals surface area contributed by atoms with E-state index in [4.69, 9.17) is 11.6 Å². The van der Waals surface area contributed by atoms with Gasteiger partial charge in [-0.1, -0.05) is 35.4 Å². The van der Waals surface area contributed by atoms with E-state index < -0.39 is 10.0 Å². The van der Waals surface area contributed by atoms with Gasteiger partial charge in [-0.05, 0) is 37.1 Å². The van der Waals surface area contributed by atoms with E-state index in [1.807, 2.05) is 17.9 Å². The predicted octanol–water partition coefficient (Wildman–Crippen LogP) is 2.58. The summed E-state index contributed by atoms with van der Waals surface area (Å²) in [6, 6.07) is 10.3. The highest BCUT2D eigenvalue weighted by atomic mass is 35.5. The van der Waals surface area contributed by atoms with Gasteiger partial charge in [0.15, 0.2) is 0 Å². The van der Waals surface area contributed by atoms with Crippen molar-refractivity contribution in [1.29, 1.82) is 0 Å². The number of pyridine rings is 1. The van der Waals surface area contributed by atoms with Gasteiger partial charge < -0.3 is 10.2 Å². The Kier molecular flexibility index (Phi) is 5.24. The lowest BCUT2D eigenvalue weighted by molar-refractivity contribution is 0.361. The van der Waals surface area contributed by atoms with E-state index in [9.17, 15) is 8.42 Å². The lowest BCUT2D eigenvalue weighted by Gasteiger charge is -2.30. The van der Waals surface area contributed by atoms with Gasteiger partial charge in [-0.15, -0.1) is 4.40 Å². The number of hydrogen-bond acceptors (Lipinski definition) is 3. The molecule has 1 aromatic carbocycles. The molecule has 132 valence electrons. The van der Waals surface area contributed by atoms with Gasteiger partial charge in [-0.2, -0.15) is 8.42 Å². The minimum atomic E-state index is -3.76. The van der Waals surface area contributed by atoms with E-state index in [0.717, 1.165) is 24.1 Å².